The van der Waals surface area contributed by atoms with E-state index in [4.69, 9.17) is 15.3 Å². The lowest BCUT2D eigenvalue weighted by atomic mass is 9.86. The first-order chi connectivity index (χ1) is 22.9. The summed E-state index contributed by atoms with van der Waals surface area (Å²) in [7, 11) is -0.451. The molecule has 3 aromatic carbocycles. The Labute approximate surface area is 293 Å². The van der Waals surface area contributed by atoms with Gasteiger partial charge < -0.3 is 0 Å². The zero-order chi connectivity index (χ0) is 35.5. The van der Waals surface area contributed by atoms with Gasteiger partial charge in [0, 0.05) is 33.8 Å². The molecule has 6 nitrogen and oxygen atoms in total. The average molecular weight is 651 g/mol. The van der Waals surface area contributed by atoms with E-state index in [1.54, 1.807) is 0 Å². The van der Waals surface area contributed by atoms with Gasteiger partial charge in [-0.25, -0.2) is 0 Å². The van der Waals surface area contributed by atoms with Gasteiger partial charge in [0.15, 0.2) is 0 Å². The summed E-state index contributed by atoms with van der Waals surface area (Å²) in [5, 5.41) is 15.7. The largest absolute Gasteiger partial charge is 0.569 e. The standard InChI is InChI=1S/C42H51BN6/c1-28-25-37(31-13-19-34(20-14-31)40(4,5)6)44-47(28)43(48-29(2)26-38(45-48)32-15-21-35(22-16-32)41(7,8)9)49-30(3)27-39(46-49)33-17-23-36(24-18-33)42(10,11)12/h13-27H,1-12H3. The molecule has 0 amide bonds. The molecule has 0 saturated heterocycles. The monoisotopic (exact) mass is 650 g/mol. The summed E-state index contributed by atoms with van der Waals surface area (Å²) in [6, 6.07) is 32.8. The maximum Gasteiger partial charge on any atom is 0.569 e. The van der Waals surface area contributed by atoms with Crippen molar-refractivity contribution in [1.82, 2.24) is 29.1 Å². The van der Waals surface area contributed by atoms with Crippen molar-refractivity contribution in [2.24, 2.45) is 0 Å². The maximum atomic E-state index is 5.24. The number of benzene rings is 3. The van der Waals surface area contributed by atoms with Crippen molar-refractivity contribution < 1.29 is 0 Å². The highest BCUT2D eigenvalue weighted by Crippen LogP contribution is 2.30. The number of aryl methyl sites for hydroxylation is 3. The Morgan fingerprint density at radius 1 is 0.388 bits per heavy atom. The minimum Gasteiger partial charge on any atom is -0.265 e. The van der Waals surface area contributed by atoms with E-state index in [9.17, 15) is 0 Å². The Morgan fingerprint density at radius 3 is 0.816 bits per heavy atom. The van der Waals surface area contributed by atoms with E-state index >= 15 is 0 Å². The highest BCUT2D eigenvalue weighted by molar-refractivity contribution is 6.53. The van der Waals surface area contributed by atoms with E-state index in [-0.39, 0.29) is 16.2 Å². The van der Waals surface area contributed by atoms with Crippen LogP contribution in [0, 0.1) is 20.8 Å². The highest BCUT2D eigenvalue weighted by Gasteiger charge is 2.33. The van der Waals surface area contributed by atoms with E-state index < -0.39 is 7.12 Å². The molecule has 6 rings (SSSR count). The molecule has 3 heterocycles. The lowest BCUT2D eigenvalue weighted by Crippen LogP contribution is -2.45. The van der Waals surface area contributed by atoms with Crippen LogP contribution in [0.4, 0.5) is 0 Å². The Morgan fingerprint density at radius 2 is 0.612 bits per heavy atom. The molecule has 0 atom stereocenters. The molecule has 0 unspecified atom stereocenters. The van der Waals surface area contributed by atoms with Crippen molar-refractivity contribution in [2.45, 2.75) is 99.3 Å². The van der Waals surface area contributed by atoms with Crippen molar-refractivity contribution in [1.29, 1.82) is 0 Å². The second-order valence-corrected chi connectivity index (χ2v) is 16.7. The molecular formula is C42H51BN6. The molecular weight excluding hydrogens is 599 g/mol. The number of nitrogens with zero attached hydrogens (tertiary/aromatic N) is 6. The first kappa shape index (κ1) is 34.2. The molecule has 6 aromatic rings. The van der Waals surface area contributed by atoms with Gasteiger partial charge in [0.2, 0.25) is 0 Å². The number of rotatable bonds is 6. The van der Waals surface area contributed by atoms with Gasteiger partial charge in [-0.2, -0.15) is 15.3 Å². The third-order valence-corrected chi connectivity index (χ3v) is 9.56. The van der Waals surface area contributed by atoms with Crippen LogP contribution in [-0.4, -0.2) is 36.2 Å². The third-order valence-electron chi connectivity index (χ3n) is 9.56. The fourth-order valence-electron chi connectivity index (χ4n) is 6.32. The van der Waals surface area contributed by atoms with E-state index in [1.807, 2.05) is 0 Å². The molecule has 0 aliphatic carbocycles. The summed E-state index contributed by atoms with van der Waals surface area (Å²) in [6.45, 7) is 26.5. The quantitative estimate of drug-likeness (QED) is 0.169. The summed E-state index contributed by atoms with van der Waals surface area (Å²) in [5.41, 5.74) is 13.3. The molecule has 7 heteroatoms. The number of hydrogen-bond donors (Lipinski definition) is 0. The molecule has 252 valence electrons. The molecule has 0 aliphatic heterocycles. The minimum absolute atomic E-state index is 0.0870. The maximum absolute atomic E-state index is 5.24. The fourth-order valence-corrected chi connectivity index (χ4v) is 6.32. The average Bonchev–Trinajstić information content (AvgIpc) is 3.73. The molecule has 0 aliphatic rings. The first-order valence-electron chi connectivity index (χ1n) is 17.4. The molecule has 0 saturated carbocycles. The molecule has 3 aromatic heterocycles. The van der Waals surface area contributed by atoms with Gasteiger partial charge in [-0.05, 0) is 71.9 Å². The highest BCUT2D eigenvalue weighted by atomic mass is 15.5. The van der Waals surface area contributed by atoms with Crippen molar-refractivity contribution in [3.05, 3.63) is 125 Å². The molecule has 0 N–H and O–H groups in total. The fraction of sp³-hybridized carbons (Fsp3) is 0.357. The second kappa shape index (κ2) is 12.4. The van der Waals surface area contributed by atoms with Gasteiger partial charge >= 0.3 is 7.12 Å². The number of aromatic nitrogens is 6. The van der Waals surface area contributed by atoms with Gasteiger partial charge in [0.05, 0.1) is 17.1 Å². The first-order valence-corrected chi connectivity index (χ1v) is 17.4. The van der Waals surface area contributed by atoms with Crippen LogP contribution in [0.2, 0.25) is 0 Å². The summed E-state index contributed by atoms with van der Waals surface area (Å²) < 4.78 is 6.18. The van der Waals surface area contributed by atoms with Gasteiger partial charge in [-0.1, -0.05) is 135 Å². The lowest BCUT2D eigenvalue weighted by Gasteiger charge is -2.19. The molecule has 0 bridgehead atoms. The van der Waals surface area contributed by atoms with E-state index in [0.717, 1.165) is 50.9 Å². The van der Waals surface area contributed by atoms with E-state index in [2.05, 4.69) is 188 Å². The molecule has 0 spiro atoms. The Hall–Kier alpha value is -4.65. The third kappa shape index (κ3) is 6.94. The summed E-state index contributed by atoms with van der Waals surface area (Å²) in [4.78, 5) is 0. The predicted octanol–water partition coefficient (Wildman–Crippen LogP) is 10.0. The zero-order valence-corrected chi connectivity index (χ0v) is 31.4. The summed E-state index contributed by atoms with van der Waals surface area (Å²) >= 11 is 0. The van der Waals surface area contributed by atoms with Crippen LogP contribution in [0.1, 0.15) is 96.1 Å². The van der Waals surface area contributed by atoms with Crippen LogP contribution >= 0.6 is 0 Å². The van der Waals surface area contributed by atoms with Crippen LogP contribution in [0.3, 0.4) is 0 Å². The van der Waals surface area contributed by atoms with Crippen molar-refractivity contribution in [2.75, 3.05) is 0 Å². The van der Waals surface area contributed by atoms with E-state index in [0.29, 0.717) is 0 Å². The van der Waals surface area contributed by atoms with Crippen LogP contribution in [0.25, 0.3) is 33.8 Å². The van der Waals surface area contributed by atoms with Gasteiger partial charge in [0.1, 0.15) is 0 Å². The Balaban J connectivity index is 1.46. The van der Waals surface area contributed by atoms with Crippen LogP contribution in [0.15, 0.2) is 91.0 Å². The summed E-state index contributed by atoms with van der Waals surface area (Å²) in [5.74, 6) is 0. The second-order valence-electron chi connectivity index (χ2n) is 16.7. The topological polar surface area (TPSA) is 53.5 Å². The lowest BCUT2D eigenvalue weighted by molar-refractivity contribution is 0.590. The van der Waals surface area contributed by atoms with Crippen LogP contribution in [-0.2, 0) is 16.2 Å². The van der Waals surface area contributed by atoms with Gasteiger partial charge in [-0.15, -0.1) is 0 Å². The summed E-state index contributed by atoms with van der Waals surface area (Å²) in [6.07, 6.45) is 0. The van der Waals surface area contributed by atoms with Crippen molar-refractivity contribution >= 4 is 7.12 Å². The Bertz CT molecular complexity index is 1830. The zero-order valence-electron chi connectivity index (χ0n) is 31.4. The van der Waals surface area contributed by atoms with Gasteiger partial charge in [0.25, 0.3) is 0 Å². The molecule has 0 radical (unpaired) electrons. The predicted molar refractivity (Wildman–Crippen MR) is 205 cm³/mol. The minimum atomic E-state index is -0.451. The Kier molecular flexibility index (Phi) is 8.63. The van der Waals surface area contributed by atoms with Gasteiger partial charge in [-0.3, -0.25) is 13.8 Å². The molecule has 49 heavy (non-hydrogen) atoms. The van der Waals surface area contributed by atoms with Crippen molar-refractivity contribution in [3.63, 3.8) is 0 Å². The normalized spacial score (nSPS) is 12.5. The molecule has 0 fully saturated rings. The smallest absolute Gasteiger partial charge is 0.265 e. The van der Waals surface area contributed by atoms with Crippen molar-refractivity contribution in [3.8, 4) is 33.8 Å². The number of hydrogen-bond acceptors (Lipinski definition) is 3. The SMILES string of the molecule is Cc1cc(-c2ccc(C(C)(C)C)cc2)nn1B(n1nc(-c2ccc(C(C)(C)C)cc2)cc1C)n1nc(-c2ccc(C(C)(C)C)cc2)cc1C. The van der Waals surface area contributed by atoms with Crippen LogP contribution < -0.4 is 0 Å². The van der Waals surface area contributed by atoms with E-state index in [1.165, 1.54) is 16.7 Å². The van der Waals surface area contributed by atoms with Crippen LogP contribution in [0.5, 0.6) is 0 Å².